The number of hydrogen-bond acceptors (Lipinski definition) is 5. The third kappa shape index (κ3) is 2.96. The van der Waals surface area contributed by atoms with Crippen molar-refractivity contribution in [3.05, 3.63) is 46.7 Å². The van der Waals surface area contributed by atoms with Gasteiger partial charge in [-0.3, -0.25) is 0 Å². The van der Waals surface area contributed by atoms with Crippen LogP contribution < -0.4 is 4.74 Å². The zero-order valence-electron chi connectivity index (χ0n) is 13.9. The number of aromatic nitrogens is 2. The molecule has 0 bridgehead atoms. The normalized spacial score (nSPS) is 14.2. The van der Waals surface area contributed by atoms with E-state index in [9.17, 15) is 9.18 Å². The SMILES string of the molecule is COC(=O)c1c(Oc2ccc(F)nc2C)ncc(C2CCC2)c1C. The van der Waals surface area contributed by atoms with Crippen molar-refractivity contribution < 1.29 is 18.7 Å². The minimum absolute atomic E-state index is 0.152. The van der Waals surface area contributed by atoms with Gasteiger partial charge in [-0.1, -0.05) is 6.42 Å². The number of carbonyl (C=O) groups is 1. The van der Waals surface area contributed by atoms with Crippen molar-refractivity contribution in [3.8, 4) is 11.6 Å². The molecule has 0 N–H and O–H groups in total. The molecular weight excluding hydrogens is 311 g/mol. The summed E-state index contributed by atoms with van der Waals surface area (Å²) in [7, 11) is 1.33. The van der Waals surface area contributed by atoms with Crippen molar-refractivity contribution in [2.24, 2.45) is 0 Å². The maximum Gasteiger partial charge on any atom is 0.343 e. The van der Waals surface area contributed by atoms with Gasteiger partial charge in [-0.15, -0.1) is 0 Å². The second-order valence-corrected chi connectivity index (χ2v) is 5.96. The van der Waals surface area contributed by atoms with E-state index in [2.05, 4.69) is 9.97 Å². The number of aryl methyl sites for hydroxylation is 1. The average Bonchev–Trinajstić information content (AvgIpc) is 2.50. The minimum Gasteiger partial charge on any atom is -0.465 e. The van der Waals surface area contributed by atoms with Crippen molar-refractivity contribution in [1.82, 2.24) is 9.97 Å². The predicted octanol–water partition coefficient (Wildman–Crippen LogP) is 4.08. The number of methoxy groups -OCH3 is 1. The summed E-state index contributed by atoms with van der Waals surface area (Å²) in [5.74, 6) is -0.144. The second-order valence-electron chi connectivity index (χ2n) is 5.96. The molecule has 1 aliphatic rings. The number of esters is 1. The number of carbonyl (C=O) groups excluding carboxylic acids is 1. The summed E-state index contributed by atoms with van der Waals surface area (Å²) in [6.45, 7) is 3.51. The van der Waals surface area contributed by atoms with Crippen LogP contribution in [0.3, 0.4) is 0 Å². The largest absolute Gasteiger partial charge is 0.465 e. The fourth-order valence-electron chi connectivity index (χ4n) is 2.87. The molecule has 1 fully saturated rings. The first kappa shape index (κ1) is 16.4. The zero-order chi connectivity index (χ0) is 17.3. The van der Waals surface area contributed by atoms with Gasteiger partial charge in [-0.25, -0.2) is 14.8 Å². The number of pyridine rings is 2. The molecule has 2 heterocycles. The molecule has 3 rings (SSSR count). The summed E-state index contributed by atoms with van der Waals surface area (Å²) in [5, 5.41) is 0. The van der Waals surface area contributed by atoms with E-state index in [1.807, 2.05) is 6.92 Å². The first-order chi connectivity index (χ1) is 11.5. The minimum atomic E-state index is -0.586. The third-order valence-electron chi connectivity index (χ3n) is 4.49. The monoisotopic (exact) mass is 330 g/mol. The fraction of sp³-hybridized carbons (Fsp3) is 0.389. The van der Waals surface area contributed by atoms with Crippen LogP contribution in [-0.4, -0.2) is 23.0 Å². The number of hydrogen-bond donors (Lipinski definition) is 0. The van der Waals surface area contributed by atoms with Gasteiger partial charge < -0.3 is 9.47 Å². The van der Waals surface area contributed by atoms with Gasteiger partial charge in [0.05, 0.1) is 12.8 Å². The van der Waals surface area contributed by atoms with Crippen molar-refractivity contribution in [1.29, 1.82) is 0 Å². The van der Waals surface area contributed by atoms with Gasteiger partial charge in [0.2, 0.25) is 11.8 Å². The Balaban J connectivity index is 2.03. The van der Waals surface area contributed by atoms with Crippen LogP contribution in [0.25, 0.3) is 0 Å². The highest BCUT2D eigenvalue weighted by molar-refractivity contribution is 5.94. The summed E-state index contributed by atoms with van der Waals surface area (Å²) >= 11 is 0. The Kier molecular flexibility index (Phi) is 4.46. The van der Waals surface area contributed by atoms with Gasteiger partial charge in [0, 0.05) is 6.20 Å². The van der Waals surface area contributed by atoms with Crippen molar-refractivity contribution in [2.45, 2.75) is 39.0 Å². The van der Waals surface area contributed by atoms with E-state index >= 15 is 0 Å². The Hall–Kier alpha value is -2.50. The first-order valence-corrected chi connectivity index (χ1v) is 7.90. The van der Waals surface area contributed by atoms with Gasteiger partial charge >= 0.3 is 5.97 Å². The van der Waals surface area contributed by atoms with E-state index in [4.69, 9.17) is 9.47 Å². The molecule has 1 aliphatic carbocycles. The lowest BCUT2D eigenvalue weighted by Gasteiger charge is -2.28. The van der Waals surface area contributed by atoms with E-state index in [1.165, 1.54) is 25.7 Å². The molecule has 0 amide bonds. The van der Waals surface area contributed by atoms with Crippen LogP contribution in [0, 0.1) is 19.8 Å². The molecule has 0 radical (unpaired) electrons. The number of rotatable bonds is 4. The highest BCUT2D eigenvalue weighted by Gasteiger charge is 2.27. The summed E-state index contributed by atoms with van der Waals surface area (Å²) in [4.78, 5) is 20.3. The predicted molar refractivity (Wildman–Crippen MR) is 85.9 cm³/mol. The molecule has 0 atom stereocenters. The summed E-state index contributed by atoms with van der Waals surface area (Å²) < 4.78 is 23.8. The van der Waals surface area contributed by atoms with Crippen molar-refractivity contribution >= 4 is 5.97 Å². The number of ether oxygens (including phenoxy) is 2. The molecule has 2 aromatic rings. The van der Waals surface area contributed by atoms with Crippen LogP contribution in [0.15, 0.2) is 18.3 Å². The molecular formula is C18H19FN2O3. The standard InChI is InChI=1S/C18H19FN2O3/c1-10-13(12-5-4-6-12)9-20-17(16(10)18(22)23-3)24-14-7-8-15(19)21-11(14)2/h7-9,12H,4-6H2,1-3H3. The maximum atomic E-state index is 13.1. The summed E-state index contributed by atoms with van der Waals surface area (Å²) in [6.07, 6.45) is 5.15. The van der Waals surface area contributed by atoms with Gasteiger partial charge in [-0.05, 0) is 55.9 Å². The van der Waals surface area contributed by atoms with Gasteiger partial charge in [-0.2, -0.15) is 4.39 Å². The molecule has 0 aromatic carbocycles. The molecule has 0 saturated heterocycles. The highest BCUT2D eigenvalue weighted by atomic mass is 19.1. The lowest BCUT2D eigenvalue weighted by atomic mass is 9.78. The fourth-order valence-corrected chi connectivity index (χ4v) is 2.87. The number of nitrogens with zero attached hydrogens (tertiary/aromatic N) is 2. The van der Waals surface area contributed by atoms with Crippen LogP contribution in [0.2, 0.25) is 0 Å². The van der Waals surface area contributed by atoms with Crippen LogP contribution in [0.4, 0.5) is 4.39 Å². The van der Waals surface area contributed by atoms with Crippen LogP contribution in [-0.2, 0) is 4.74 Å². The second kappa shape index (κ2) is 6.55. The Morgan fingerprint density at radius 2 is 2.04 bits per heavy atom. The summed E-state index contributed by atoms with van der Waals surface area (Å²) in [6, 6.07) is 2.67. The molecule has 126 valence electrons. The Morgan fingerprint density at radius 1 is 1.29 bits per heavy atom. The molecule has 0 aliphatic heterocycles. The smallest absolute Gasteiger partial charge is 0.343 e. The highest BCUT2D eigenvalue weighted by Crippen LogP contribution is 2.40. The van der Waals surface area contributed by atoms with E-state index in [0.29, 0.717) is 22.9 Å². The Morgan fingerprint density at radius 3 is 2.62 bits per heavy atom. The van der Waals surface area contributed by atoms with Crippen LogP contribution in [0.5, 0.6) is 11.6 Å². The summed E-state index contributed by atoms with van der Waals surface area (Å²) in [5.41, 5.74) is 2.58. The van der Waals surface area contributed by atoms with E-state index < -0.39 is 11.9 Å². The lowest BCUT2D eigenvalue weighted by Crippen LogP contribution is -2.15. The number of halogens is 1. The van der Waals surface area contributed by atoms with Crippen LogP contribution in [0.1, 0.15) is 52.4 Å². The zero-order valence-corrected chi connectivity index (χ0v) is 13.9. The van der Waals surface area contributed by atoms with E-state index in [1.54, 1.807) is 13.1 Å². The van der Waals surface area contributed by atoms with Crippen molar-refractivity contribution in [2.75, 3.05) is 7.11 Å². The molecule has 2 aromatic heterocycles. The molecule has 6 heteroatoms. The average molecular weight is 330 g/mol. The third-order valence-corrected chi connectivity index (χ3v) is 4.49. The molecule has 1 saturated carbocycles. The van der Waals surface area contributed by atoms with E-state index in [-0.39, 0.29) is 5.88 Å². The Labute approximate surface area is 139 Å². The van der Waals surface area contributed by atoms with Gasteiger partial charge in [0.15, 0.2) is 5.75 Å². The topological polar surface area (TPSA) is 61.3 Å². The first-order valence-electron chi connectivity index (χ1n) is 7.90. The van der Waals surface area contributed by atoms with E-state index in [0.717, 1.165) is 24.0 Å². The van der Waals surface area contributed by atoms with Gasteiger partial charge in [0.1, 0.15) is 5.56 Å². The van der Waals surface area contributed by atoms with Gasteiger partial charge in [0.25, 0.3) is 0 Å². The Bertz CT molecular complexity index is 788. The lowest BCUT2D eigenvalue weighted by molar-refractivity contribution is 0.0596. The van der Waals surface area contributed by atoms with Crippen LogP contribution >= 0.6 is 0 Å². The molecule has 0 spiro atoms. The molecule has 24 heavy (non-hydrogen) atoms. The maximum absolute atomic E-state index is 13.1. The molecule has 5 nitrogen and oxygen atoms in total. The van der Waals surface area contributed by atoms with Crippen molar-refractivity contribution in [3.63, 3.8) is 0 Å². The quantitative estimate of drug-likeness (QED) is 0.624. The molecule has 0 unspecified atom stereocenters.